The molecule has 3 rings (SSSR count). The molecular formula is C10H18N2O3S. The van der Waals surface area contributed by atoms with Crippen LogP contribution in [0.5, 0.6) is 0 Å². The first-order valence-corrected chi connectivity index (χ1v) is 7.71. The van der Waals surface area contributed by atoms with Gasteiger partial charge in [-0.3, -0.25) is 4.90 Å². The van der Waals surface area contributed by atoms with Gasteiger partial charge in [-0.05, 0) is 12.8 Å². The molecule has 0 amide bonds. The maximum atomic E-state index is 11.5. The van der Waals surface area contributed by atoms with Crippen LogP contribution in [0.15, 0.2) is 0 Å². The van der Waals surface area contributed by atoms with Crippen LogP contribution in [0.25, 0.3) is 0 Å². The Hall–Kier alpha value is -0.170. The molecule has 16 heavy (non-hydrogen) atoms. The largest absolute Gasteiger partial charge is 0.372 e. The van der Waals surface area contributed by atoms with Crippen LogP contribution in [0.4, 0.5) is 0 Å². The smallest absolute Gasteiger partial charge is 0.153 e. The molecular weight excluding hydrogens is 228 g/mol. The maximum absolute atomic E-state index is 11.5. The number of hydrogen-bond donors (Lipinski definition) is 1. The zero-order valence-corrected chi connectivity index (χ0v) is 10.0. The predicted molar refractivity (Wildman–Crippen MR) is 59.9 cm³/mol. The molecule has 2 bridgehead atoms. The molecule has 4 unspecified atom stereocenters. The van der Waals surface area contributed by atoms with Crippen LogP contribution in [0.2, 0.25) is 0 Å². The van der Waals surface area contributed by atoms with Crippen molar-refractivity contribution in [2.75, 3.05) is 24.6 Å². The molecule has 0 radical (unpaired) electrons. The average molecular weight is 246 g/mol. The SMILES string of the molecule is NC1CS(=O)(=O)CC1N1CC2CCC(C1)O2. The molecule has 0 aliphatic carbocycles. The van der Waals surface area contributed by atoms with Gasteiger partial charge in [0.25, 0.3) is 0 Å². The van der Waals surface area contributed by atoms with Crippen LogP contribution < -0.4 is 5.73 Å². The van der Waals surface area contributed by atoms with Crippen LogP contribution in [0.1, 0.15) is 12.8 Å². The molecule has 0 aromatic heterocycles. The van der Waals surface area contributed by atoms with Gasteiger partial charge in [0.15, 0.2) is 9.84 Å². The molecule has 3 heterocycles. The third-order valence-electron chi connectivity index (χ3n) is 3.91. The van der Waals surface area contributed by atoms with Gasteiger partial charge in [-0.1, -0.05) is 0 Å². The number of sulfone groups is 1. The highest BCUT2D eigenvalue weighted by Crippen LogP contribution is 2.29. The van der Waals surface area contributed by atoms with Gasteiger partial charge in [-0.15, -0.1) is 0 Å². The van der Waals surface area contributed by atoms with Crippen molar-refractivity contribution >= 4 is 9.84 Å². The van der Waals surface area contributed by atoms with Gasteiger partial charge < -0.3 is 10.5 Å². The number of hydrogen-bond acceptors (Lipinski definition) is 5. The van der Waals surface area contributed by atoms with E-state index in [-0.39, 0.29) is 23.6 Å². The minimum absolute atomic E-state index is 0.0111. The number of fused-ring (bicyclic) bond motifs is 2. The van der Waals surface area contributed by atoms with E-state index in [4.69, 9.17) is 10.5 Å². The van der Waals surface area contributed by atoms with Crippen molar-refractivity contribution in [2.24, 2.45) is 5.73 Å². The van der Waals surface area contributed by atoms with Gasteiger partial charge in [0.1, 0.15) is 0 Å². The molecule has 3 fully saturated rings. The fraction of sp³-hybridized carbons (Fsp3) is 1.00. The van der Waals surface area contributed by atoms with Crippen LogP contribution in [-0.2, 0) is 14.6 Å². The van der Waals surface area contributed by atoms with Crippen molar-refractivity contribution in [1.82, 2.24) is 4.90 Å². The number of ether oxygens (including phenoxy) is 1. The topological polar surface area (TPSA) is 72.6 Å². The first-order chi connectivity index (χ1) is 7.53. The summed E-state index contributed by atoms with van der Waals surface area (Å²) in [6, 6.07) is -0.209. The highest BCUT2D eigenvalue weighted by Gasteiger charge is 2.43. The second kappa shape index (κ2) is 3.66. The fourth-order valence-electron chi connectivity index (χ4n) is 3.15. The highest BCUT2D eigenvalue weighted by molar-refractivity contribution is 7.91. The predicted octanol–water partition coefficient (Wildman–Crippen LogP) is -1.03. The number of rotatable bonds is 1. The average Bonchev–Trinajstić information content (AvgIpc) is 2.66. The van der Waals surface area contributed by atoms with E-state index in [1.54, 1.807) is 0 Å². The lowest BCUT2D eigenvalue weighted by atomic mass is 10.1. The third kappa shape index (κ3) is 1.88. The molecule has 0 aromatic carbocycles. The Bertz CT molecular complexity index is 372. The maximum Gasteiger partial charge on any atom is 0.153 e. The van der Waals surface area contributed by atoms with Crippen LogP contribution in [-0.4, -0.2) is 62.2 Å². The number of nitrogens with two attached hydrogens (primary N) is 1. The number of likely N-dealkylation sites (tertiary alicyclic amines) is 1. The van der Waals surface area contributed by atoms with Crippen molar-refractivity contribution in [2.45, 2.75) is 37.1 Å². The van der Waals surface area contributed by atoms with E-state index in [1.807, 2.05) is 0 Å². The van der Waals surface area contributed by atoms with E-state index in [1.165, 1.54) is 0 Å². The van der Waals surface area contributed by atoms with E-state index in [9.17, 15) is 8.42 Å². The molecule has 0 spiro atoms. The van der Waals surface area contributed by atoms with Crippen molar-refractivity contribution in [1.29, 1.82) is 0 Å². The Morgan fingerprint density at radius 1 is 1.12 bits per heavy atom. The summed E-state index contributed by atoms with van der Waals surface area (Å²) in [7, 11) is -2.92. The monoisotopic (exact) mass is 246 g/mol. The van der Waals surface area contributed by atoms with Crippen LogP contribution in [0.3, 0.4) is 0 Å². The Morgan fingerprint density at radius 3 is 2.25 bits per heavy atom. The van der Waals surface area contributed by atoms with E-state index in [0.717, 1.165) is 25.9 Å². The van der Waals surface area contributed by atoms with E-state index in [0.29, 0.717) is 12.2 Å². The number of morpholine rings is 1. The van der Waals surface area contributed by atoms with Gasteiger partial charge in [-0.25, -0.2) is 8.42 Å². The number of nitrogens with zero attached hydrogens (tertiary/aromatic N) is 1. The van der Waals surface area contributed by atoms with Crippen molar-refractivity contribution in [3.05, 3.63) is 0 Å². The Kier molecular flexibility index (Phi) is 2.51. The van der Waals surface area contributed by atoms with E-state index in [2.05, 4.69) is 4.90 Å². The van der Waals surface area contributed by atoms with Crippen LogP contribution >= 0.6 is 0 Å². The summed E-state index contributed by atoms with van der Waals surface area (Å²) in [5.74, 6) is 0.373. The van der Waals surface area contributed by atoms with Crippen molar-refractivity contribution in [3.8, 4) is 0 Å². The van der Waals surface area contributed by atoms with Gasteiger partial charge in [0.05, 0.1) is 23.7 Å². The lowest BCUT2D eigenvalue weighted by Crippen LogP contribution is -2.54. The Morgan fingerprint density at radius 2 is 1.75 bits per heavy atom. The summed E-state index contributed by atoms with van der Waals surface area (Å²) in [6.07, 6.45) is 2.81. The molecule has 2 N–H and O–H groups in total. The first-order valence-electron chi connectivity index (χ1n) is 5.89. The second-order valence-corrected chi connectivity index (χ2v) is 7.37. The summed E-state index contributed by atoms with van der Waals surface area (Å²) < 4.78 is 28.8. The quantitative estimate of drug-likeness (QED) is 0.641. The highest BCUT2D eigenvalue weighted by atomic mass is 32.2. The third-order valence-corrected chi connectivity index (χ3v) is 5.65. The Labute approximate surface area is 95.8 Å². The van der Waals surface area contributed by atoms with E-state index >= 15 is 0 Å². The molecule has 0 saturated carbocycles. The van der Waals surface area contributed by atoms with Gasteiger partial charge in [-0.2, -0.15) is 0 Å². The Balaban J connectivity index is 1.74. The molecule has 4 atom stereocenters. The summed E-state index contributed by atoms with van der Waals surface area (Å²) in [6.45, 7) is 1.70. The standard InChI is InChI=1S/C10H18N2O3S/c11-9-5-16(13,14)6-10(9)12-3-7-1-2-8(4-12)15-7/h7-10H,1-6,11H2. The molecule has 0 aromatic rings. The lowest BCUT2D eigenvalue weighted by Gasteiger charge is -2.37. The van der Waals surface area contributed by atoms with Crippen molar-refractivity contribution < 1.29 is 13.2 Å². The summed E-state index contributed by atoms with van der Waals surface area (Å²) in [4.78, 5) is 2.24. The molecule has 6 heteroatoms. The summed E-state index contributed by atoms with van der Waals surface area (Å²) in [5.41, 5.74) is 5.94. The lowest BCUT2D eigenvalue weighted by molar-refractivity contribution is -0.0510. The van der Waals surface area contributed by atoms with Gasteiger partial charge >= 0.3 is 0 Å². The zero-order valence-electron chi connectivity index (χ0n) is 9.21. The minimum atomic E-state index is -2.92. The second-order valence-electron chi connectivity index (χ2n) is 5.22. The van der Waals surface area contributed by atoms with Gasteiger partial charge in [0.2, 0.25) is 0 Å². The molecule has 92 valence electrons. The van der Waals surface area contributed by atoms with Crippen LogP contribution in [0, 0.1) is 0 Å². The molecule has 3 saturated heterocycles. The summed E-state index contributed by atoms with van der Waals surface area (Å²) in [5, 5.41) is 0. The summed E-state index contributed by atoms with van der Waals surface area (Å²) >= 11 is 0. The normalized spacial score (nSPS) is 47.3. The fourth-order valence-corrected chi connectivity index (χ4v) is 5.07. The molecule has 5 nitrogen and oxygen atoms in total. The molecule has 3 aliphatic rings. The first kappa shape index (κ1) is 11.0. The zero-order chi connectivity index (χ0) is 11.3. The van der Waals surface area contributed by atoms with Crippen molar-refractivity contribution in [3.63, 3.8) is 0 Å². The van der Waals surface area contributed by atoms with Gasteiger partial charge in [0, 0.05) is 25.2 Å². The molecule has 3 aliphatic heterocycles. The minimum Gasteiger partial charge on any atom is -0.372 e. The van der Waals surface area contributed by atoms with E-state index < -0.39 is 9.84 Å².